The van der Waals surface area contributed by atoms with E-state index >= 15 is 0 Å². The molecule has 3 aromatic rings. The second-order valence-corrected chi connectivity index (χ2v) is 10.7. The van der Waals surface area contributed by atoms with Crippen molar-refractivity contribution < 1.29 is 58.9 Å². The van der Waals surface area contributed by atoms with Gasteiger partial charge >= 0.3 is 21.7 Å². The number of hydrogen-bond donors (Lipinski definition) is 0. The molecule has 0 saturated carbocycles. The van der Waals surface area contributed by atoms with Gasteiger partial charge in [-0.1, -0.05) is 90.8 Å². The van der Waals surface area contributed by atoms with E-state index in [0.29, 0.717) is 0 Å². The molecule has 0 N–H and O–H groups in total. The fraction of sp³-hybridized carbons (Fsp3) is 0.190. The minimum absolute atomic E-state index is 0. The predicted octanol–water partition coefficient (Wildman–Crippen LogP) is -4.56. The molecule has 1 fully saturated rings. The zero-order valence-electron chi connectivity index (χ0n) is 14.5. The molecule has 1 heterocycles. The molecule has 0 radical (unpaired) electrons. The molecule has 1 saturated heterocycles. The van der Waals surface area contributed by atoms with Gasteiger partial charge in [0.2, 0.25) is 0 Å². The van der Waals surface area contributed by atoms with Gasteiger partial charge in [-0.05, 0) is 0 Å². The molecule has 26 heavy (non-hydrogen) atoms. The van der Waals surface area contributed by atoms with Crippen LogP contribution < -0.4 is 47.6 Å². The van der Waals surface area contributed by atoms with E-state index < -0.39 is 8.07 Å². The monoisotopic (exact) mass is 454 g/mol. The van der Waals surface area contributed by atoms with Crippen molar-refractivity contribution in [3.05, 3.63) is 78.9 Å². The van der Waals surface area contributed by atoms with E-state index in [9.17, 15) is 0 Å². The zero-order valence-corrected chi connectivity index (χ0v) is 19.3. The van der Waals surface area contributed by atoms with Gasteiger partial charge in [0.1, 0.15) is 0 Å². The molecule has 0 aliphatic carbocycles. The third kappa shape index (κ3) is 4.70. The van der Waals surface area contributed by atoms with Gasteiger partial charge in [-0.2, -0.15) is 18.2 Å². The first kappa shape index (κ1) is 25.6. The van der Waals surface area contributed by atoms with Gasteiger partial charge in [0.25, 0.3) is 0 Å². The van der Waals surface area contributed by atoms with Crippen LogP contribution in [0.4, 0.5) is 0 Å². The van der Waals surface area contributed by atoms with Gasteiger partial charge in [-0.15, -0.1) is 16.3 Å². The Labute approximate surface area is 191 Å². The number of hydrogen-bond acceptors (Lipinski definition) is 0. The molecule has 0 nitrogen and oxygen atoms in total. The molecule has 0 spiro atoms. The first-order valence-electron chi connectivity index (χ1n) is 8.27. The van der Waals surface area contributed by atoms with E-state index in [1.54, 1.807) is 10.4 Å². The summed E-state index contributed by atoms with van der Waals surface area (Å²) in [6.45, 7) is 0. The first-order chi connectivity index (χ1) is 10.9. The van der Waals surface area contributed by atoms with Crippen LogP contribution in [0.3, 0.4) is 0 Å². The van der Waals surface area contributed by atoms with Crippen LogP contribution in [0.15, 0.2) is 78.9 Å². The van der Waals surface area contributed by atoms with Crippen molar-refractivity contribution in [1.82, 2.24) is 0 Å². The van der Waals surface area contributed by atoms with E-state index in [-0.39, 0.29) is 58.9 Å². The van der Waals surface area contributed by atoms with Crippen molar-refractivity contribution in [3.63, 3.8) is 0 Å². The first-order valence-corrected chi connectivity index (χ1v) is 10.7. The van der Waals surface area contributed by atoms with Crippen LogP contribution in [0.25, 0.3) is 11.1 Å². The quantitative estimate of drug-likeness (QED) is 0.276. The molecular formula is C21H21Cl3SiTi. The Hall–Kier alpha value is -0.409. The Bertz CT molecular complexity index is 753. The van der Waals surface area contributed by atoms with Gasteiger partial charge in [-0.3, -0.25) is 0 Å². The smallest absolute Gasteiger partial charge is 1.00 e. The van der Waals surface area contributed by atoms with Gasteiger partial charge in [-0.25, -0.2) is 0 Å². The van der Waals surface area contributed by atoms with Gasteiger partial charge in [0.15, 0.2) is 0 Å². The summed E-state index contributed by atoms with van der Waals surface area (Å²) in [4.78, 5) is 0. The van der Waals surface area contributed by atoms with Crippen LogP contribution in [-0.2, 0) is 21.7 Å². The van der Waals surface area contributed by atoms with E-state index in [4.69, 9.17) is 0 Å². The molecule has 1 aliphatic rings. The summed E-state index contributed by atoms with van der Waals surface area (Å²) in [5.41, 5.74) is 2.84. The topological polar surface area (TPSA) is 0 Å². The van der Waals surface area contributed by atoms with Gasteiger partial charge in [0.05, 0.1) is 8.07 Å². The maximum Gasteiger partial charge on any atom is 4.00 e. The molecule has 3 aromatic carbocycles. The van der Waals surface area contributed by atoms with Crippen LogP contribution in [0.5, 0.6) is 0 Å². The molecule has 1 aliphatic heterocycles. The summed E-state index contributed by atoms with van der Waals surface area (Å²) in [6, 6.07) is 32.0. The molecule has 0 bridgehead atoms. The Morgan fingerprint density at radius 1 is 0.654 bits per heavy atom. The molecular weight excluding hydrogens is 435 g/mol. The van der Waals surface area contributed by atoms with Gasteiger partial charge in [0, 0.05) is 0 Å². The van der Waals surface area contributed by atoms with Crippen molar-refractivity contribution in [1.29, 1.82) is 0 Å². The fourth-order valence-corrected chi connectivity index (χ4v) is 9.53. The summed E-state index contributed by atoms with van der Waals surface area (Å²) in [6.07, 6.45) is 2.78. The predicted molar refractivity (Wildman–Crippen MR) is 97.8 cm³/mol. The fourth-order valence-electron chi connectivity index (χ4n) is 4.16. The molecule has 0 amide bonds. The standard InChI is InChI=1S/C21H21Si.3ClH.Ti/c1-3-10-18(11-4-1)20-14-9-15-21(20)22(16-7-8-17-22)19-12-5-2-6-13-19;;;;/h1-6,9-15H,7-8,16-17H2;3*1H;/q-1;;;;+4/p-3. The molecule has 5 heteroatoms. The average molecular weight is 456 g/mol. The maximum absolute atomic E-state index is 2.41. The Morgan fingerprint density at radius 2 is 1.19 bits per heavy atom. The Kier molecular flexibility index (Phi) is 11.3. The second-order valence-electron chi connectivity index (χ2n) is 6.37. The summed E-state index contributed by atoms with van der Waals surface area (Å²) in [7, 11) is -1.56. The number of halogens is 3. The average Bonchev–Trinajstić information content (AvgIpc) is 3.26. The van der Waals surface area contributed by atoms with E-state index in [1.807, 2.05) is 0 Å². The second kappa shape index (κ2) is 11.4. The minimum atomic E-state index is -1.56. The summed E-state index contributed by atoms with van der Waals surface area (Å²) in [5.74, 6) is 0. The SMILES string of the molecule is [Cl-].[Cl-].[Cl-].[Ti+4].c1ccc(-c2ccc[c-]2[Si]2(c3ccccc3)CCCC2)cc1. The van der Waals surface area contributed by atoms with Crippen molar-refractivity contribution in [2.75, 3.05) is 0 Å². The van der Waals surface area contributed by atoms with Crippen LogP contribution in [0.2, 0.25) is 12.1 Å². The van der Waals surface area contributed by atoms with Gasteiger partial charge < -0.3 is 37.2 Å². The van der Waals surface area contributed by atoms with Crippen molar-refractivity contribution in [3.8, 4) is 11.1 Å². The zero-order chi connectivity index (χ0) is 14.8. The largest absolute Gasteiger partial charge is 4.00 e. The number of rotatable bonds is 3. The van der Waals surface area contributed by atoms with Crippen LogP contribution in [0, 0.1) is 0 Å². The van der Waals surface area contributed by atoms with Crippen LogP contribution in [0.1, 0.15) is 12.8 Å². The number of benzene rings is 2. The normalized spacial score (nSPS) is 14.2. The third-order valence-corrected chi connectivity index (χ3v) is 10.5. The van der Waals surface area contributed by atoms with E-state index in [1.165, 1.54) is 36.1 Å². The van der Waals surface area contributed by atoms with Crippen molar-refractivity contribution >= 4 is 18.4 Å². The molecule has 0 aromatic heterocycles. The van der Waals surface area contributed by atoms with Crippen molar-refractivity contribution in [2.24, 2.45) is 0 Å². The molecule has 134 valence electrons. The Balaban J connectivity index is 0.00000156. The Morgan fingerprint density at radius 3 is 1.77 bits per heavy atom. The third-order valence-electron chi connectivity index (χ3n) is 5.20. The van der Waals surface area contributed by atoms with E-state index in [2.05, 4.69) is 78.9 Å². The summed E-state index contributed by atoms with van der Waals surface area (Å²) >= 11 is 0. The maximum atomic E-state index is 2.41. The van der Waals surface area contributed by atoms with Crippen LogP contribution >= 0.6 is 0 Å². The van der Waals surface area contributed by atoms with Crippen LogP contribution in [-0.4, -0.2) is 8.07 Å². The summed E-state index contributed by atoms with van der Waals surface area (Å²) < 4.78 is 0. The van der Waals surface area contributed by atoms with E-state index in [0.717, 1.165) is 0 Å². The molecule has 4 rings (SSSR count). The molecule has 0 atom stereocenters. The van der Waals surface area contributed by atoms with Crippen molar-refractivity contribution in [2.45, 2.75) is 24.9 Å². The minimum Gasteiger partial charge on any atom is -1.00 e. The molecule has 0 unspecified atom stereocenters. The summed E-state index contributed by atoms with van der Waals surface area (Å²) in [5, 5.41) is 3.28.